The number of carbonyl (C=O) groups is 2. The van der Waals surface area contributed by atoms with Gasteiger partial charge in [0.2, 0.25) is 0 Å². The summed E-state index contributed by atoms with van der Waals surface area (Å²) >= 11 is 0. The van der Waals surface area contributed by atoms with Gasteiger partial charge in [-0.3, -0.25) is 9.59 Å². The molecule has 3 nitrogen and oxygen atoms in total. The fourth-order valence-electron chi connectivity index (χ4n) is 1.17. The Balaban J connectivity index is 3.59. The Kier molecular flexibility index (Phi) is 2.97. The highest BCUT2D eigenvalue weighted by molar-refractivity contribution is 5.95. The van der Waals surface area contributed by atoms with E-state index >= 15 is 0 Å². The number of alkyl halides is 3. The van der Waals surface area contributed by atoms with Crippen LogP contribution in [-0.4, -0.2) is 12.2 Å². The minimum absolute atomic E-state index is 0.0447. The van der Waals surface area contributed by atoms with Crippen molar-refractivity contribution in [2.24, 2.45) is 5.73 Å². The van der Waals surface area contributed by atoms with Crippen LogP contribution in [0.3, 0.4) is 0 Å². The first-order chi connectivity index (χ1) is 7.27. The maximum absolute atomic E-state index is 13.1. The molecule has 16 heavy (non-hydrogen) atoms. The molecular formula is C9H5F4NO2. The zero-order valence-corrected chi connectivity index (χ0v) is 7.64. The monoisotopic (exact) mass is 235 g/mol. The number of halogens is 4. The second-order valence-electron chi connectivity index (χ2n) is 2.91. The zero-order valence-electron chi connectivity index (χ0n) is 7.64. The number of primary amides is 1. The summed E-state index contributed by atoms with van der Waals surface area (Å²) in [6.45, 7) is 0. The van der Waals surface area contributed by atoms with Crippen molar-refractivity contribution in [2.45, 2.75) is 6.18 Å². The fraction of sp³-hybridized carbons (Fsp3) is 0.111. The van der Waals surface area contributed by atoms with Crippen molar-refractivity contribution in [1.29, 1.82) is 0 Å². The Labute approximate surface area is 86.9 Å². The first-order valence-electron chi connectivity index (χ1n) is 3.93. The van der Waals surface area contributed by atoms with E-state index < -0.39 is 34.6 Å². The van der Waals surface area contributed by atoms with Crippen LogP contribution in [0.15, 0.2) is 12.1 Å². The van der Waals surface area contributed by atoms with Crippen molar-refractivity contribution in [3.8, 4) is 0 Å². The van der Waals surface area contributed by atoms with Crippen LogP contribution in [0, 0.1) is 5.82 Å². The minimum atomic E-state index is -4.95. The number of hydrogen-bond acceptors (Lipinski definition) is 2. The van der Waals surface area contributed by atoms with Crippen molar-refractivity contribution in [1.82, 2.24) is 0 Å². The number of benzene rings is 1. The molecule has 0 saturated heterocycles. The summed E-state index contributed by atoms with van der Waals surface area (Å²) in [5.41, 5.74) is 1.30. The molecule has 0 atom stereocenters. The predicted octanol–water partition coefficient (Wildman–Crippen LogP) is 1.76. The lowest BCUT2D eigenvalue weighted by atomic mass is 10.0. The molecule has 1 aromatic carbocycles. The van der Waals surface area contributed by atoms with Gasteiger partial charge in [0, 0.05) is 5.56 Å². The van der Waals surface area contributed by atoms with Crippen molar-refractivity contribution in [3.63, 3.8) is 0 Å². The van der Waals surface area contributed by atoms with Gasteiger partial charge < -0.3 is 5.73 Å². The Morgan fingerprint density at radius 2 is 1.88 bits per heavy atom. The van der Waals surface area contributed by atoms with Gasteiger partial charge >= 0.3 is 6.18 Å². The van der Waals surface area contributed by atoms with Gasteiger partial charge in [-0.15, -0.1) is 0 Å². The van der Waals surface area contributed by atoms with E-state index in [1.807, 2.05) is 0 Å². The standard InChI is InChI=1S/C9H5F4NO2/c10-6-2-4(3-15)1-5(9(11,12)13)7(6)8(14)16/h1-3H,(H2,14,16). The minimum Gasteiger partial charge on any atom is -0.365 e. The summed E-state index contributed by atoms with van der Waals surface area (Å²) in [7, 11) is 0. The maximum atomic E-state index is 13.1. The molecule has 1 rings (SSSR count). The number of aldehydes is 1. The van der Waals surface area contributed by atoms with Crippen molar-refractivity contribution in [3.05, 3.63) is 34.6 Å². The molecule has 2 N–H and O–H groups in total. The first kappa shape index (κ1) is 12.2. The molecule has 0 bridgehead atoms. The normalized spacial score (nSPS) is 11.2. The Morgan fingerprint density at radius 1 is 1.31 bits per heavy atom. The van der Waals surface area contributed by atoms with E-state index in [-0.39, 0.29) is 6.29 Å². The highest BCUT2D eigenvalue weighted by Gasteiger charge is 2.36. The highest BCUT2D eigenvalue weighted by Crippen LogP contribution is 2.33. The van der Waals surface area contributed by atoms with Crippen molar-refractivity contribution < 1.29 is 27.2 Å². The van der Waals surface area contributed by atoms with Gasteiger partial charge in [-0.2, -0.15) is 13.2 Å². The van der Waals surface area contributed by atoms with E-state index in [4.69, 9.17) is 0 Å². The van der Waals surface area contributed by atoms with E-state index in [0.717, 1.165) is 0 Å². The lowest BCUT2D eigenvalue weighted by molar-refractivity contribution is -0.138. The van der Waals surface area contributed by atoms with E-state index in [0.29, 0.717) is 12.1 Å². The second-order valence-corrected chi connectivity index (χ2v) is 2.91. The Morgan fingerprint density at radius 3 is 2.25 bits per heavy atom. The van der Waals surface area contributed by atoms with Crippen molar-refractivity contribution in [2.75, 3.05) is 0 Å². The van der Waals surface area contributed by atoms with Crippen LogP contribution in [0.25, 0.3) is 0 Å². The molecule has 0 heterocycles. The molecule has 1 aromatic rings. The van der Waals surface area contributed by atoms with E-state index in [9.17, 15) is 27.2 Å². The average Bonchev–Trinajstić information content (AvgIpc) is 2.14. The largest absolute Gasteiger partial charge is 0.417 e. The zero-order chi connectivity index (χ0) is 12.5. The summed E-state index contributed by atoms with van der Waals surface area (Å²) in [6.07, 6.45) is -4.91. The first-order valence-corrected chi connectivity index (χ1v) is 3.93. The molecule has 0 aromatic heterocycles. The van der Waals surface area contributed by atoms with Crippen molar-refractivity contribution >= 4 is 12.2 Å². The third kappa shape index (κ3) is 2.18. The molecule has 0 aliphatic carbocycles. The number of amides is 1. The highest BCUT2D eigenvalue weighted by atomic mass is 19.4. The number of carbonyl (C=O) groups excluding carboxylic acids is 2. The Hall–Kier alpha value is -1.92. The lowest BCUT2D eigenvalue weighted by Gasteiger charge is -2.11. The van der Waals surface area contributed by atoms with Gasteiger partial charge in [-0.25, -0.2) is 4.39 Å². The number of nitrogens with two attached hydrogens (primary N) is 1. The van der Waals surface area contributed by atoms with Crippen LogP contribution in [0.4, 0.5) is 17.6 Å². The van der Waals surface area contributed by atoms with Gasteiger partial charge in [0.15, 0.2) is 0 Å². The summed E-state index contributed by atoms with van der Waals surface area (Å²) in [4.78, 5) is 21.0. The lowest BCUT2D eigenvalue weighted by Crippen LogP contribution is -2.21. The van der Waals surface area contributed by atoms with Gasteiger partial charge in [0.05, 0.1) is 11.1 Å². The predicted molar refractivity (Wildman–Crippen MR) is 45.3 cm³/mol. The van der Waals surface area contributed by atoms with E-state index in [2.05, 4.69) is 5.73 Å². The van der Waals surface area contributed by atoms with Gasteiger partial charge in [-0.1, -0.05) is 0 Å². The molecule has 1 amide bonds. The van der Waals surface area contributed by atoms with Gasteiger partial charge in [0.25, 0.3) is 5.91 Å². The van der Waals surface area contributed by atoms with Gasteiger partial charge in [-0.05, 0) is 12.1 Å². The van der Waals surface area contributed by atoms with E-state index in [1.165, 1.54) is 0 Å². The van der Waals surface area contributed by atoms with Crippen LogP contribution in [0.5, 0.6) is 0 Å². The topological polar surface area (TPSA) is 60.2 Å². The maximum Gasteiger partial charge on any atom is 0.417 e. The van der Waals surface area contributed by atoms with E-state index in [1.54, 1.807) is 0 Å². The van der Waals surface area contributed by atoms with Gasteiger partial charge in [0.1, 0.15) is 12.1 Å². The van der Waals surface area contributed by atoms with Crippen LogP contribution in [0.1, 0.15) is 26.3 Å². The number of rotatable bonds is 2. The summed E-state index contributed by atoms with van der Waals surface area (Å²) in [6, 6.07) is 0.887. The van der Waals surface area contributed by atoms with Crippen LogP contribution >= 0.6 is 0 Å². The molecular weight excluding hydrogens is 230 g/mol. The number of hydrogen-bond donors (Lipinski definition) is 1. The molecule has 0 saturated carbocycles. The molecule has 0 unspecified atom stereocenters. The summed E-state index contributed by atoms with van der Waals surface area (Å²) in [5.74, 6) is -3.01. The molecule has 0 fully saturated rings. The smallest absolute Gasteiger partial charge is 0.365 e. The third-order valence-corrected chi connectivity index (χ3v) is 1.80. The summed E-state index contributed by atoms with van der Waals surface area (Å²) < 4.78 is 50.4. The quantitative estimate of drug-likeness (QED) is 0.627. The van der Waals surface area contributed by atoms with Crippen LogP contribution in [0.2, 0.25) is 0 Å². The second kappa shape index (κ2) is 3.92. The molecule has 0 aliphatic heterocycles. The third-order valence-electron chi connectivity index (χ3n) is 1.80. The van der Waals surface area contributed by atoms with Crippen LogP contribution in [-0.2, 0) is 6.18 Å². The molecule has 86 valence electrons. The average molecular weight is 235 g/mol. The molecule has 7 heteroatoms. The summed E-state index contributed by atoms with van der Waals surface area (Å²) in [5, 5.41) is 0. The SMILES string of the molecule is NC(=O)c1c(F)cc(C=O)cc1C(F)(F)F. The molecule has 0 spiro atoms. The Bertz CT molecular complexity index is 454. The molecule has 0 radical (unpaired) electrons. The van der Waals surface area contributed by atoms with Crippen LogP contribution < -0.4 is 5.73 Å². The fourth-order valence-corrected chi connectivity index (χ4v) is 1.17. The molecule has 0 aliphatic rings.